The molecule has 2 nitrogen and oxygen atoms in total. The molecule has 0 saturated carbocycles. The van der Waals surface area contributed by atoms with E-state index in [0.717, 1.165) is 27.7 Å². The van der Waals surface area contributed by atoms with Crippen LogP contribution in [0.5, 0.6) is 5.75 Å². The Labute approximate surface area is 140 Å². The second-order valence-corrected chi connectivity index (χ2v) is 7.36. The number of hydrogen-bond acceptors (Lipinski definition) is 2. The lowest BCUT2D eigenvalue weighted by Gasteiger charge is -2.21. The molecule has 2 rings (SSSR count). The third-order valence-corrected chi connectivity index (χ3v) is 4.99. The largest absolute Gasteiger partial charge is 0.823 e. The lowest BCUT2D eigenvalue weighted by atomic mass is 9.95. The van der Waals surface area contributed by atoms with Crippen LogP contribution >= 0.6 is 8.20 Å². The highest BCUT2D eigenvalue weighted by atomic mass is 31.1. The zero-order valence-corrected chi connectivity index (χ0v) is 15.6. The van der Waals surface area contributed by atoms with Crippen LogP contribution in [0.3, 0.4) is 0 Å². The highest BCUT2D eigenvalue weighted by Crippen LogP contribution is 2.23. The normalized spacial score (nSPS) is 11.9. The molecule has 0 bridgehead atoms. The molecule has 122 valence electrons. The molecule has 0 aliphatic carbocycles. The molecule has 0 saturated heterocycles. The van der Waals surface area contributed by atoms with Crippen molar-refractivity contribution in [3.05, 3.63) is 58.1 Å². The van der Waals surface area contributed by atoms with E-state index < -0.39 is 0 Å². The second kappa shape index (κ2) is 7.29. The van der Waals surface area contributed by atoms with E-state index in [-0.39, 0.29) is 11.6 Å². The van der Waals surface area contributed by atoms with Crippen LogP contribution in [-0.2, 0) is 0 Å². The van der Waals surface area contributed by atoms with Gasteiger partial charge in [-0.2, -0.15) is 0 Å². The van der Waals surface area contributed by atoms with Crippen molar-refractivity contribution in [2.75, 3.05) is 0 Å². The van der Waals surface area contributed by atoms with Gasteiger partial charge in [0, 0.05) is 5.30 Å². The molecule has 0 aromatic heterocycles. The van der Waals surface area contributed by atoms with Gasteiger partial charge >= 0.3 is 0 Å². The fourth-order valence-electron chi connectivity index (χ4n) is 2.66. The first-order valence-electron chi connectivity index (χ1n) is 7.89. The lowest BCUT2D eigenvalue weighted by molar-refractivity contribution is -0.207. The van der Waals surface area contributed by atoms with Crippen molar-refractivity contribution in [1.82, 2.24) is 0 Å². The topological polar surface area (TPSA) is 32.3 Å². The van der Waals surface area contributed by atoms with Crippen LogP contribution in [0, 0.1) is 27.7 Å². The Morgan fingerprint density at radius 2 is 1.57 bits per heavy atom. The van der Waals surface area contributed by atoms with E-state index >= 15 is 0 Å². The van der Waals surface area contributed by atoms with E-state index in [0.29, 0.717) is 8.20 Å². The van der Waals surface area contributed by atoms with Crippen molar-refractivity contribution < 1.29 is 9.84 Å². The predicted molar refractivity (Wildman–Crippen MR) is 98.3 cm³/mol. The van der Waals surface area contributed by atoms with Crippen LogP contribution < -0.4 is 15.1 Å². The van der Waals surface area contributed by atoms with Gasteiger partial charge in [-0.05, 0) is 93.6 Å². The lowest BCUT2D eigenvalue weighted by Crippen LogP contribution is -2.21. The minimum absolute atomic E-state index is 0.153. The summed E-state index contributed by atoms with van der Waals surface area (Å²) in [6.45, 7) is 12.2. The van der Waals surface area contributed by atoms with Gasteiger partial charge in [-0.1, -0.05) is 14.3 Å². The summed E-state index contributed by atoms with van der Waals surface area (Å²) in [5, 5.41) is 13.7. The summed E-state index contributed by atoms with van der Waals surface area (Å²) >= 11 is 0. The van der Waals surface area contributed by atoms with E-state index in [1.807, 2.05) is 52.0 Å². The van der Waals surface area contributed by atoms with Gasteiger partial charge < -0.3 is 9.84 Å². The van der Waals surface area contributed by atoms with Crippen molar-refractivity contribution in [2.24, 2.45) is 0 Å². The van der Waals surface area contributed by atoms with Crippen LogP contribution in [0.15, 0.2) is 30.3 Å². The maximum absolute atomic E-state index is 12.7. The zero-order valence-electron chi connectivity index (χ0n) is 14.7. The molecule has 2 aromatic carbocycles. The molecule has 0 atom stereocenters. The smallest absolute Gasteiger partial charge is 0.119 e. The first-order valence-corrected chi connectivity index (χ1v) is 8.79. The summed E-state index contributed by atoms with van der Waals surface area (Å²) in [7, 11) is 0.706. The Morgan fingerprint density at radius 1 is 0.957 bits per heavy atom. The Morgan fingerprint density at radius 3 is 2.13 bits per heavy atom. The first kappa shape index (κ1) is 17.7. The Bertz CT molecular complexity index is 728. The number of benzene rings is 2. The van der Waals surface area contributed by atoms with E-state index in [2.05, 4.69) is 19.9 Å². The number of rotatable bonds is 4. The SMILES string of the molecule is Cc1cc(C)c(C([O-])=Pc2ccc(OC(C)C)cc2)c(C)c1C. The molecule has 2 aromatic rings. The third-order valence-electron chi connectivity index (χ3n) is 4.01. The number of aryl methyl sites for hydroxylation is 2. The standard InChI is InChI=1S/C20H25O2P/c1-12(2)22-17-7-9-18(10-8-17)23-20(21)19-14(4)11-13(3)15(5)16(19)6/h7-12,21H,1-6H3/p-1. The summed E-state index contributed by atoms with van der Waals surface area (Å²) in [6, 6.07) is 9.88. The minimum atomic E-state index is 0.153. The van der Waals surface area contributed by atoms with E-state index in [1.165, 1.54) is 11.1 Å². The van der Waals surface area contributed by atoms with Crippen molar-refractivity contribution in [2.45, 2.75) is 47.6 Å². The Kier molecular flexibility index (Phi) is 5.62. The molecule has 0 spiro atoms. The molecule has 0 aliphatic heterocycles. The van der Waals surface area contributed by atoms with Gasteiger partial charge in [0.2, 0.25) is 0 Å². The van der Waals surface area contributed by atoms with E-state index in [1.54, 1.807) is 0 Å². The fraction of sp³-hybridized carbons (Fsp3) is 0.350. The van der Waals surface area contributed by atoms with Gasteiger partial charge in [-0.15, -0.1) is 5.48 Å². The molecular formula is C20H24O2P-. The fourth-order valence-corrected chi connectivity index (χ4v) is 3.65. The van der Waals surface area contributed by atoms with Gasteiger partial charge in [0.15, 0.2) is 0 Å². The van der Waals surface area contributed by atoms with Crippen LogP contribution in [-0.4, -0.2) is 11.6 Å². The molecule has 0 N–H and O–H groups in total. The molecule has 0 fully saturated rings. The Balaban J connectivity index is 2.35. The molecule has 23 heavy (non-hydrogen) atoms. The van der Waals surface area contributed by atoms with Gasteiger partial charge in [0.25, 0.3) is 0 Å². The minimum Gasteiger partial charge on any atom is -0.823 e. The number of ether oxygens (including phenoxy) is 1. The van der Waals surface area contributed by atoms with Crippen molar-refractivity contribution in [3.8, 4) is 5.75 Å². The average Bonchev–Trinajstić information content (AvgIpc) is 2.46. The predicted octanol–water partition coefficient (Wildman–Crippen LogP) is 3.82. The van der Waals surface area contributed by atoms with Crippen LogP contribution in [0.4, 0.5) is 0 Å². The summed E-state index contributed by atoms with van der Waals surface area (Å²) in [5.41, 5.74) is 5.61. The van der Waals surface area contributed by atoms with Gasteiger partial charge in [-0.3, -0.25) is 0 Å². The molecule has 0 radical (unpaired) electrons. The molecule has 3 heteroatoms. The third kappa shape index (κ3) is 4.22. The van der Waals surface area contributed by atoms with Crippen molar-refractivity contribution >= 4 is 19.0 Å². The molecule has 0 unspecified atom stereocenters. The molecule has 0 amide bonds. The molecular weight excluding hydrogens is 303 g/mol. The van der Waals surface area contributed by atoms with Crippen LogP contribution in [0.1, 0.15) is 41.7 Å². The first-order chi connectivity index (χ1) is 10.8. The second-order valence-electron chi connectivity index (χ2n) is 6.21. The van der Waals surface area contributed by atoms with Crippen LogP contribution in [0.2, 0.25) is 0 Å². The van der Waals surface area contributed by atoms with E-state index in [9.17, 15) is 5.11 Å². The summed E-state index contributed by atoms with van der Waals surface area (Å²) in [6.07, 6.45) is 0.154. The summed E-state index contributed by atoms with van der Waals surface area (Å²) in [4.78, 5) is 0. The average molecular weight is 327 g/mol. The molecule has 0 aliphatic rings. The van der Waals surface area contributed by atoms with Crippen LogP contribution in [0.25, 0.3) is 0 Å². The summed E-state index contributed by atoms with van der Waals surface area (Å²) in [5.74, 6) is 0.838. The maximum Gasteiger partial charge on any atom is 0.119 e. The highest BCUT2D eigenvalue weighted by Gasteiger charge is 2.07. The maximum atomic E-state index is 12.7. The highest BCUT2D eigenvalue weighted by molar-refractivity contribution is 7.49. The monoisotopic (exact) mass is 327 g/mol. The number of hydrogen-bond donors (Lipinski definition) is 0. The van der Waals surface area contributed by atoms with Gasteiger partial charge in [0.1, 0.15) is 5.75 Å². The summed E-state index contributed by atoms with van der Waals surface area (Å²) < 4.78 is 5.64. The zero-order chi connectivity index (χ0) is 17.1. The van der Waals surface area contributed by atoms with Crippen molar-refractivity contribution in [1.29, 1.82) is 0 Å². The van der Waals surface area contributed by atoms with E-state index in [4.69, 9.17) is 4.74 Å². The van der Waals surface area contributed by atoms with Gasteiger partial charge in [0.05, 0.1) is 6.10 Å². The quantitative estimate of drug-likeness (QED) is 0.800. The Hall–Kier alpha value is -1.63. The molecule has 0 heterocycles. The van der Waals surface area contributed by atoms with Crippen molar-refractivity contribution in [3.63, 3.8) is 0 Å². The van der Waals surface area contributed by atoms with Gasteiger partial charge in [-0.25, -0.2) is 0 Å².